The maximum absolute atomic E-state index is 8.88. The molecule has 1 fully saturated rings. The van der Waals surface area contributed by atoms with Crippen LogP contribution in [0, 0.1) is 0 Å². The smallest absolute Gasteiger partial charge is 0.140 e. The van der Waals surface area contributed by atoms with Crippen LogP contribution in [0.25, 0.3) is 0 Å². The molecule has 1 aliphatic rings. The van der Waals surface area contributed by atoms with Gasteiger partial charge < -0.3 is 30.3 Å². The second-order valence-corrected chi connectivity index (χ2v) is 3.89. The summed E-state index contributed by atoms with van der Waals surface area (Å²) in [5.41, 5.74) is 0. The summed E-state index contributed by atoms with van der Waals surface area (Å²) < 4.78 is 4.90. The fourth-order valence-electron chi connectivity index (χ4n) is 1.08. The Balaban J connectivity index is -0.0000000992. The molecule has 2 radical (unpaired) electrons. The molecule has 0 aromatic heterocycles. The van der Waals surface area contributed by atoms with Crippen LogP contribution in [0.1, 0.15) is 39.0 Å². The summed E-state index contributed by atoms with van der Waals surface area (Å²) in [6, 6.07) is 0. The van der Waals surface area contributed by atoms with Crippen molar-refractivity contribution >= 4 is 0 Å². The van der Waals surface area contributed by atoms with Gasteiger partial charge in [-0.15, -0.1) is 0 Å². The van der Waals surface area contributed by atoms with E-state index in [1.807, 2.05) is 6.92 Å². The number of ether oxygens (including phenoxy) is 1. The van der Waals surface area contributed by atoms with Gasteiger partial charge in [0.2, 0.25) is 0 Å². The number of aliphatic hydroxyl groups excluding tert-OH is 4. The van der Waals surface area contributed by atoms with E-state index in [4.69, 9.17) is 30.3 Å². The van der Waals surface area contributed by atoms with Crippen LogP contribution >= 0.6 is 0 Å². The Morgan fingerprint density at radius 2 is 1.50 bits per heavy atom. The normalized spacial score (nSPS) is 16.2. The third-order valence-corrected chi connectivity index (χ3v) is 2.25. The van der Waals surface area contributed by atoms with Crippen molar-refractivity contribution < 1.29 is 95.7 Å². The van der Waals surface area contributed by atoms with Crippen LogP contribution in [0.5, 0.6) is 0 Å². The standard InChI is InChI=1S/C6H14O2.C5H10O2.CH4O2.2Y/c1-2-6(8)4-3-5-7;6-3-1-2-5-4-7-5;2-1-3;;/h6-8H,2-5H2,1H3;5-6H,1-4H2;2-3H,1H2;;. The zero-order valence-electron chi connectivity index (χ0n) is 12.3. The maximum atomic E-state index is 8.88. The number of aliphatic hydroxyl groups is 5. The first-order chi connectivity index (χ1) is 8.65. The second-order valence-electron chi connectivity index (χ2n) is 3.89. The molecule has 20 heavy (non-hydrogen) atoms. The van der Waals surface area contributed by atoms with Crippen molar-refractivity contribution in [3.63, 3.8) is 0 Å². The van der Waals surface area contributed by atoms with Gasteiger partial charge in [0.1, 0.15) is 6.79 Å². The number of epoxide rings is 1. The van der Waals surface area contributed by atoms with Crippen molar-refractivity contribution in [2.24, 2.45) is 0 Å². The first-order valence-electron chi connectivity index (χ1n) is 6.39. The van der Waals surface area contributed by atoms with E-state index in [9.17, 15) is 0 Å². The molecule has 0 aromatic carbocycles. The average molecular weight is 446 g/mol. The van der Waals surface area contributed by atoms with E-state index >= 15 is 0 Å². The van der Waals surface area contributed by atoms with E-state index in [1.165, 1.54) is 0 Å². The largest absolute Gasteiger partial charge is 0.396 e. The summed E-state index contributed by atoms with van der Waals surface area (Å²) in [5, 5.41) is 39.7. The molecule has 118 valence electrons. The topological polar surface area (TPSA) is 114 Å². The predicted molar refractivity (Wildman–Crippen MR) is 68.0 cm³/mol. The minimum Gasteiger partial charge on any atom is -0.396 e. The molecule has 0 spiro atoms. The molecule has 2 unspecified atom stereocenters. The second kappa shape index (κ2) is 25.9. The van der Waals surface area contributed by atoms with Crippen molar-refractivity contribution in [2.75, 3.05) is 26.6 Å². The van der Waals surface area contributed by atoms with Crippen LogP contribution < -0.4 is 0 Å². The van der Waals surface area contributed by atoms with E-state index in [0.29, 0.717) is 12.7 Å². The van der Waals surface area contributed by atoms with Gasteiger partial charge in [0.05, 0.1) is 18.8 Å². The van der Waals surface area contributed by atoms with E-state index in [-0.39, 0.29) is 78.1 Å². The molecule has 0 amide bonds. The van der Waals surface area contributed by atoms with E-state index in [2.05, 4.69) is 0 Å². The van der Waals surface area contributed by atoms with Crippen LogP contribution in [0.15, 0.2) is 0 Å². The Labute approximate surface area is 172 Å². The van der Waals surface area contributed by atoms with E-state index in [1.54, 1.807) is 0 Å². The first-order valence-corrected chi connectivity index (χ1v) is 6.39. The number of rotatable bonds is 7. The van der Waals surface area contributed by atoms with Gasteiger partial charge in [0.25, 0.3) is 0 Å². The predicted octanol–water partition coefficient (Wildman–Crippen LogP) is -0.389. The van der Waals surface area contributed by atoms with Crippen molar-refractivity contribution in [1.29, 1.82) is 0 Å². The van der Waals surface area contributed by atoms with Crippen molar-refractivity contribution in [3.05, 3.63) is 0 Å². The van der Waals surface area contributed by atoms with Gasteiger partial charge in [-0.3, -0.25) is 0 Å². The fraction of sp³-hybridized carbons (Fsp3) is 1.00. The maximum Gasteiger partial charge on any atom is 0.140 e. The summed E-state index contributed by atoms with van der Waals surface area (Å²) >= 11 is 0. The molecule has 1 rings (SSSR count). The zero-order valence-corrected chi connectivity index (χ0v) is 18.0. The van der Waals surface area contributed by atoms with Gasteiger partial charge in [0, 0.05) is 78.6 Å². The number of hydrogen-bond donors (Lipinski definition) is 5. The van der Waals surface area contributed by atoms with Gasteiger partial charge >= 0.3 is 0 Å². The summed E-state index contributed by atoms with van der Waals surface area (Å²) in [7, 11) is 0. The summed E-state index contributed by atoms with van der Waals surface area (Å²) in [6.07, 6.45) is 4.46. The van der Waals surface area contributed by atoms with Gasteiger partial charge in [-0.2, -0.15) is 0 Å². The van der Waals surface area contributed by atoms with Crippen LogP contribution in [-0.2, 0) is 70.2 Å². The molecule has 0 saturated carbocycles. The van der Waals surface area contributed by atoms with Gasteiger partial charge in [-0.25, -0.2) is 0 Å². The van der Waals surface area contributed by atoms with Crippen LogP contribution in [0.3, 0.4) is 0 Å². The molecular weight excluding hydrogens is 418 g/mol. The van der Waals surface area contributed by atoms with Crippen molar-refractivity contribution in [1.82, 2.24) is 0 Å². The summed E-state index contributed by atoms with van der Waals surface area (Å²) in [5.74, 6) is 0. The minimum absolute atomic E-state index is 0. The van der Waals surface area contributed by atoms with E-state index < -0.39 is 6.79 Å². The molecule has 0 aromatic rings. The van der Waals surface area contributed by atoms with Crippen LogP contribution in [0.4, 0.5) is 0 Å². The first kappa shape index (κ1) is 29.9. The summed E-state index contributed by atoms with van der Waals surface area (Å²) in [6.45, 7) is 2.60. The summed E-state index contributed by atoms with van der Waals surface area (Å²) in [4.78, 5) is 0. The monoisotopic (exact) mass is 446 g/mol. The molecular formula is C12H28O6Y2. The van der Waals surface area contributed by atoms with Gasteiger partial charge in [-0.1, -0.05) is 6.92 Å². The third kappa shape index (κ3) is 32.1. The van der Waals surface area contributed by atoms with Crippen LogP contribution in [0.2, 0.25) is 0 Å². The van der Waals surface area contributed by atoms with Crippen molar-refractivity contribution in [2.45, 2.75) is 51.2 Å². The molecule has 0 aliphatic carbocycles. The molecule has 0 bridgehead atoms. The quantitative estimate of drug-likeness (QED) is 0.269. The Morgan fingerprint density at radius 1 is 1.05 bits per heavy atom. The third-order valence-electron chi connectivity index (χ3n) is 2.25. The van der Waals surface area contributed by atoms with Gasteiger partial charge in [0.15, 0.2) is 0 Å². The molecule has 6 nitrogen and oxygen atoms in total. The molecule has 2 atom stereocenters. The minimum atomic E-state index is -0.750. The Kier molecular flexibility index (Phi) is 38.7. The Morgan fingerprint density at radius 3 is 1.80 bits per heavy atom. The zero-order chi connectivity index (χ0) is 14.2. The average Bonchev–Trinajstić information content (AvgIpc) is 3.19. The van der Waals surface area contributed by atoms with Crippen molar-refractivity contribution in [3.8, 4) is 0 Å². The molecule has 5 N–H and O–H groups in total. The Bertz CT molecular complexity index is 150. The molecule has 8 heteroatoms. The van der Waals surface area contributed by atoms with Crippen LogP contribution in [-0.4, -0.2) is 64.4 Å². The van der Waals surface area contributed by atoms with E-state index in [0.717, 1.165) is 38.7 Å². The molecule has 1 heterocycles. The van der Waals surface area contributed by atoms with Gasteiger partial charge in [-0.05, 0) is 32.1 Å². The fourth-order valence-corrected chi connectivity index (χ4v) is 1.08. The molecule has 1 aliphatic heterocycles. The number of hydrogen-bond acceptors (Lipinski definition) is 6. The SMILES string of the molecule is CCC(O)CCCO.OCCCC1CO1.OCO.[Y].[Y]. The molecule has 1 saturated heterocycles. The Hall–Kier alpha value is 1.97.